The van der Waals surface area contributed by atoms with Crippen molar-refractivity contribution in [1.29, 1.82) is 0 Å². The Morgan fingerprint density at radius 2 is 2.04 bits per heavy atom. The number of anilines is 2. The molecule has 8 nitrogen and oxygen atoms in total. The van der Waals surface area contributed by atoms with Crippen LogP contribution in [0.25, 0.3) is 0 Å². The third-order valence-electron chi connectivity index (χ3n) is 4.37. The number of amides is 2. The van der Waals surface area contributed by atoms with Crippen LogP contribution in [-0.4, -0.2) is 62.9 Å². The summed E-state index contributed by atoms with van der Waals surface area (Å²) in [5, 5.41) is 5.76. The van der Waals surface area contributed by atoms with Gasteiger partial charge in [-0.05, 0) is 31.5 Å². The van der Waals surface area contributed by atoms with Crippen molar-refractivity contribution in [3.63, 3.8) is 0 Å². The second kappa shape index (κ2) is 7.94. The van der Waals surface area contributed by atoms with Crippen molar-refractivity contribution in [2.75, 3.05) is 36.3 Å². The van der Waals surface area contributed by atoms with Crippen LogP contribution in [0.2, 0.25) is 0 Å². The van der Waals surface area contributed by atoms with Gasteiger partial charge in [-0.2, -0.15) is 0 Å². The maximum atomic E-state index is 12.7. The van der Waals surface area contributed by atoms with Crippen LogP contribution in [0.3, 0.4) is 0 Å². The third kappa shape index (κ3) is 4.87. The molecule has 0 radical (unpaired) electrons. The minimum absolute atomic E-state index is 0.00327. The summed E-state index contributed by atoms with van der Waals surface area (Å²) in [4.78, 5) is 25.4. The molecule has 1 saturated heterocycles. The van der Waals surface area contributed by atoms with E-state index >= 15 is 0 Å². The van der Waals surface area contributed by atoms with Gasteiger partial charge in [0.1, 0.15) is 11.8 Å². The van der Waals surface area contributed by atoms with Gasteiger partial charge in [0, 0.05) is 25.7 Å². The largest absolute Gasteiger partial charge is 0.495 e. The van der Waals surface area contributed by atoms with Crippen molar-refractivity contribution in [1.82, 2.24) is 4.90 Å². The highest BCUT2D eigenvalue weighted by atomic mass is 32.2. The summed E-state index contributed by atoms with van der Waals surface area (Å²) in [5.74, 6) is 0.240. The van der Waals surface area contributed by atoms with Gasteiger partial charge >= 0.3 is 0 Å². The Morgan fingerprint density at radius 3 is 2.58 bits per heavy atom. The summed E-state index contributed by atoms with van der Waals surface area (Å²) < 4.78 is 28.6. The van der Waals surface area contributed by atoms with Gasteiger partial charge in [0.2, 0.25) is 11.8 Å². The number of hydrogen-bond acceptors (Lipinski definition) is 6. The number of methoxy groups -OCH3 is 1. The van der Waals surface area contributed by atoms with E-state index in [0.717, 1.165) is 0 Å². The van der Waals surface area contributed by atoms with Crippen LogP contribution in [0, 0.1) is 0 Å². The lowest BCUT2D eigenvalue weighted by Gasteiger charge is -2.27. The lowest BCUT2D eigenvalue weighted by molar-refractivity contribution is -0.132. The van der Waals surface area contributed by atoms with Crippen LogP contribution < -0.4 is 15.4 Å². The van der Waals surface area contributed by atoms with E-state index in [1.165, 1.54) is 18.9 Å². The molecular formula is C17H25N3O5S. The van der Waals surface area contributed by atoms with Crippen molar-refractivity contribution in [3.05, 3.63) is 18.2 Å². The van der Waals surface area contributed by atoms with Crippen molar-refractivity contribution >= 4 is 33.0 Å². The number of benzene rings is 1. The molecule has 1 aliphatic rings. The van der Waals surface area contributed by atoms with Crippen LogP contribution in [0.5, 0.6) is 5.75 Å². The highest BCUT2D eigenvalue weighted by molar-refractivity contribution is 7.91. The number of carbonyl (C=O) groups is 2. The van der Waals surface area contributed by atoms with Gasteiger partial charge in [0.15, 0.2) is 9.84 Å². The number of rotatable bonds is 6. The Balaban J connectivity index is 2.11. The second-order valence-corrected chi connectivity index (χ2v) is 8.70. The summed E-state index contributed by atoms with van der Waals surface area (Å²) in [6.07, 6.45) is 0.457. The first-order valence-corrected chi connectivity index (χ1v) is 10.1. The van der Waals surface area contributed by atoms with E-state index in [9.17, 15) is 18.0 Å². The number of nitrogens with one attached hydrogen (secondary N) is 2. The average molecular weight is 383 g/mol. The van der Waals surface area contributed by atoms with Gasteiger partial charge in [0.05, 0.1) is 24.3 Å². The standard InChI is InChI=1S/C17H25N3O5S/c1-11(17(22)20(3)14-7-8-26(23,24)10-14)18-15-9-13(19-12(2)21)5-6-16(15)25-4/h5-6,9,11,14,18H,7-8,10H2,1-4H3,(H,19,21)/t11-,14+/m0/s1. The number of nitrogens with zero attached hydrogens (tertiary/aromatic N) is 1. The molecule has 0 saturated carbocycles. The molecule has 2 atom stereocenters. The topological polar surface area (TPSA) is 105 Å². The number of hydrogen-bond donors (Lipinski definition) is 2. The fourth-order valence-corrected chi connectivity index (χ4v) is 4.74. The summed E-state index contributed by atoms with van der Waals surface area (Å²) in [7, 11) is 0.0756. The zero-order valence-electron chi connectivity index (χ0n) is 15.4. The molecule has 9 heteroatoms. The molecule has 144 valence electrons. The van der Waals surface area contributed by atoms with Crippen LogP contribution in [0.4, 0.5) is 11.4 Å². The van der Waals surface area contributed by atoms with Crippen LogP contribution in [0.15, 0.2) is 18.2 Å². The molecular weight excluding hydrogens is 358 g/mol. The number of sulfone groups is 1. The van der Waals surface area contributed by atoms with Gasteiger partial charge in [0.25, 0.3) is 0 Å². The first-order chi connectivity index (χ1) is 12.1. The molecule has 0 aromatic heterocycles. The highest BCUT2D eigenvalue weighted by Crippen LogP contribution is 2.29. The fraction of sp³-hybridized carbons (Fsp3) is 0.529. The summed E-state index contributed by atoms with van der Waals surface area (Å²) >= 11 is 0. The number of ether oxygens (including phenoxy) is 1. The molecule has 1 fully saturated rings. The van der Waals surface area contributed by atoms with Crippen molar-refractivity contribution in [2.24, 2.45) is 0 Å². The molecule has 1 aromatic carbocycles. The van der Waals surface area contributed by atoms with Crippen LogP contribution in [-0.2, 0) is 19.4 Å². The fourth-order valence-electron chi connectivity index (χ4n) is 2.96. The molecule has 1 heterocycles. The number of likely N-dealkylation sites (N-methyl/N-ethyl adjacent to an activating group) is 1. The monoisotopic (exact) mass is 383 g/mol. The van der Waals surface area contributed by atoms with E-state index < -0.39 is 15.9 Å². The molecule has 1 aromatic rings. The molecule has 2 rings (SSSR count). The zero-order chi connectivity index (χ0) is 19.5. The Hall–Kier alpha value is -2.29. The molecule has 2 N–H and O–H groups in total. The summed E-state index contributed by atoms with van der Waals surface area (Å²) in [5.41, 5.74) is 1.14. The van der Waals surface area contributed by atoms with E-state index in [2.05, 4.69) is 10.6 Å². The van der Waals surface area contributed by atoms with Gasteiger partial charge in [-0.3, -0.25) is 9.59 Å². The summed E-state index contributed by atoms with van der Waals surface area (Å²) in [6, 6.07) is 4.18. The van der Waals surface area contributed by atoms with Gasteiger partial charge in [-0.15, -0.1) is 0 Å². The molecule has 0 aliphatic carbocycles. The van der Waals surface area contributed by atoms with E-state index in [4.69, 9.17) is 4.74 Å². The molecule has 26 heavy (non-hydrogen) atoms. The Morgan fingerprint density at radius 1 is 1.35 bits per heavy atom. The summed E-state index contributed by atoms with van der Waals surface area (Å²) in [6.45, 7) is 3.11. The van der Waals surface area contributed by atoms with Gasteiger partial charge in [-0.1, -0.05) is 0 Å². The predicted octanol–water partition coefficient (Wildman–Crippen LogP) is 1.10. The molecule has 0 spiro atoms. The van der Waals surface area contributed by atoms with E-state index in [1.54, 1.807) is 32.2 Å². The van der Waals surface area contributed by atoms with Gasteiger partial charge in [-0.25, -0.2) is 8.42 Å². The second-order valence-electron chi connectivity index (χ2n) is 6.47. The lowest BCUT2D eigenvalue weighted by Crippen LogP contribution is -2.45. The van der Waals surface area contributed by atoms with Gasteiger partial charge < -0.3 is 20.3 Å². The smallest absolute Gasteiger partial charge is 0.244 e. The number of carbonyl (C=O) groups excluding carboxylic acids is 2. The van der Waals surface area contributed by atoms with E-state index in [1.807, 2.05) is 0 Å². The molecule has 0 unspecified atom stereocenters. The van der Waals surface area contributed by atoms with Crippen molar-refractivity contribution in [2.45, 2.75) is 32.4 Å². The third-order valence-corrected chi connectivity index (χ3v) is 6.12. The Kier molecular flexibility index (Phi) is 6.12. The SMILES string of the molecule is COc1ccc(NC(C)=O)cc1N[C@@H](C)C(=O)N(C)[C@@H]1CCS(=O)(=O)C1. The first-order valence-electron chi connectivity index (χ1n) is 8.32. The van der Waals surface area contributed by atoms with Crippen molar-refractivity contribution in [3.8, 4) is 5.75 Å². The zero-order valence-corrected chi connectivity index (χ0v) is 16.2. The van der Waals surface area contributed by atoms with Crippen LogP contribution >= 0.6 is 0 Å². The van der Waals surface area contributed by atoms with E-state index in [-0.39, 0.29) is 29.4 Å². The average Bonchev–Trinajstić information content (AvgIpc) is 2.93. The predicted molar refractivity (Wildman–Crippen MR) is 100 cm³/mol. The maximum Gasteiger partial charge on any atom is 0.244 e. The first kappa shape index (κ1) is 20.0. The quantitative estimate of drug-likeness (QED) is 0.762. The highest BCUT2D eigenvalue weighted by Gasteiger charge is 2.34. The van der Waals surface area contributed by atoms with E-state index in [0.29, 0.717) is 23.5 Å². The van der Waals surface area contributed by atoms with Crippen molar-refractivity contribution < 1.29 is 22.7 Å². The lowest BCUT2D eigenvalue weighted by atomic mass is 10.2. The minimum Gasteiger partial charge on any atom is -0.495 e. The minimum atomic E-state index is -3.06. The molecule has 2 amide bonds. The Bertz CT molecular complexity index is 794. The Labute approximate surface area is 153 Å². The maximum absolute atomic E-state index is 12.7. The van der Waals surface area contributed by atoms with Crippen LogP contribution in [0.1, 0.15) is 20.3 Å². The molecule has 1 aliphatic heterocycles. The molecule has 0 bridgehead atoms. The normalized spacial score (nSPS) is 19.5.